The zero-order valence-electron chi connectivity index (χ0n) is 14.8. The van der Waals surface area contributed by atoms with Gasteiger partial charge in [-0.15, -0.1) is 0 Å². The van der Waals surface area contributed by atoms with Gasteiger partial charge in [-0.2, -0.15) is 5.10 Å². The molecule has 0 unspecified atom stereocenters. The van der Waals surface area contributed by atoms with Gasteiger partial charge in [0.1, 0.15) is 5.82 Å². The van der Waals surface area contributed by atoms with Gasteiger partial charge in [-0.3, -0.25) is 4.79 Å². The molecular formula is C16H26N6OS. The number of amides is 1. The molecule has 0 saturated carbocycles. The van der Waals surface area contributed by atoms with E-state index in [-0.39, 0.29) is 5.91 Å². The van der Waals surface area contributed by atoms with Crippen LogP contribution in [-0.2, 0) is 11.3 Å². The first kappa shape index (κ1) is 18.5. The van der Waals surface area contributed by atoms with Crippen LogP contribution in [0.1, 0.15) is 33.6 Å². The molecule has 0 aliphatic heterocycles. The van der Waals surface area contributed by atoms with Gasteiger partial charge in [0, 0.05) is 19.5 Å². The SMILES string of the molecule is CCCNc1nc(SC)nc2c1cnn2CCNC(=O)CC(C)C. The topological polar surface area (TPSA) is 84.7 Å². The predicted octanol–water partition coefficient (Wildman–Crippen LogP) is 2.53. The van der Waals surface area contributed by atoms with E-state index in [9.17, 15) is 4.79 Å². The monoisotopic (exact) mass is 350 g/mol. The van der Waals surface area contributed by atoms with Crippen molar-refractivity contribution in [1.29, 1.82) is 0 Å². The predicted molar refractivity (Wildman–Crippen MR) is 98.3 cm³/mol. The molecule has 8 heteroatoms. The van der Waals surface area contributed by atoms with Crippen LogP contribution in [-0.4, -0.2) is 45.0 Å². The molecule has 0 bridgehead atoms. The van der Waals surface area contributed by atoms with Gasteiger partial charge >= 0.3 is 0 Å². The lowest BCUT2D eigenvalue weighted by molar-refractivity contribution is -0.121. The lowest BCUT2D eigenvalue weighted by Gasteiger charge is -2.09. The summed E-state index contributed by atoms with van der Waals surface area (Å²) in [6.07, 6.45) is 5.31. The van der Waals surface area contributed by atoms with Crippen LogP contribution in [0.25, 0.3) is 11.0 Å². The molecule has 0 aliphatic carbocycles. The van der Waals surface area contributed by atoms with Crippen molar-refractivity contribution in [1.82, 2.24) is 25.1 Å². The van der Waals surface area contributed by atoms with Crippen LogP contribution in [0.3, 0.4) is 0 Å². The Morgan fingerprint density at radius 3 is 2.79 bits per heavy atom. The van der Waals surface area contributed by atoms with Crippen molar-refractivity contribution in [3.63, 3.8) is 0 Å². The minimum Gasteiger partial charge on any atom is -0.369 e. The standard InChI is InChI=1S/C16H26N6OS/c1-5-6-18-14-12-10-19-22(15(12)21-16(20-14)24-4)8-7-17-13(23)9-11(2)3/h10-11H,5-9H2,1-4H3,(H,17,23)(H,18,20,21). The Labute approximate surface area is 147 Å². The summed E-state index contributed by atoms with van der Waals surface area (Å²) in [5, 5.41) is 12.3. The number of aromatic nitrogens is 4. The van der Waals surface area contributed by atoms with Crippen LogP contribution < -0.4 is 10.6 Å². The second-order valence-electron chi connectivity index (χ2n) is 6.04. The van der Waals surface area contributed by atoms with E-state index in [1.165, 1.54) is 11.8 Å². The molecule has 2 rings (SSSR count). The summed E-state index contributed by atoms with van der Waals surface area (Å²) in [6.45, 7) is 8.17. The number of hydrogen-bond acceptors (Lipinski definition) is 6. The van der Waals surface area contributed by atoms with E-state index >= 15 is 0 Å². The molecule has 132 valence electrons. The van der Waals surface area contributed by atoms with Crippen LogP contribution in [0, 0.1) is 5.92 Å². The maximum atomic E-state index is 11.7. The molecule has 0 aromatic carbocycles. The van der Waals surface area contributed by atoms with E-state index in [0.29, 0.717) is 30.6 Å². The first-order valence-corrected chi connectivity index (χ1v) is 9.55. The summed E-state index contributed by atoms with van der Waals surface area (Å²) < 4.78 is 1.82. The Morgan fingerprint density at radius 1 is 1.33 bits per heavy atom. The average molecular weight is 350 g/mol. The molecule has 0 saturated heterocycles. The highest BCUT2D eigenvalue weighted by Gasteiger charge is 2.12. The molecule has 0 atom stereocenters. The second kappa shape index (κ2) is 8.86. The fourth-order valence-corrected chi connectivity index (χ4v) is 2.67. The summed E-state index contributed by atoms with van der Waals surface area (Å²) in [5.41, 5.74) is 0.797. The summed E-state index contributed by atoms with van der Waals surface area (Å²) in [5.74, 6) is 1.26. The molecule has 2 N–H and O–H groups in total. The third kappa shape index (κ3) is 4.83. The maximum Gasteiger partial charge on any atom is 0.220 e. The minimum atomic E-state index is 0.0752. The zero-order chi connectivity index (χ0) is 17.5. The van der Waals surface area contributed by atoms with E-state index in [1.54, 1.807) is 6.20 Å². The number of carbonyl (C=O) groups is 1. The highest BCUT2D eigenvalue weighted by molar-refractivity contribution is 7.98. The van der Waals surface area contributed by atoms with Gasteiger partial charge < -0.3 is 10.6 Å². The van der Waals surface area contributed by atoms with Crippen LogP contribution in [0.15, 0.2) is 11.4 Å². The van der Waals surface area contributed by atoms with Gasteiger partial charge in [-0.05, 0) is 18.6 Å². The Kier molecular flexibility index (Phi) is 6.84. The number of anilines is 1. The van der Waals surface area contributed by atoms with E-state index in [1.807, 2.05) is 24.8 Å². The van der Waals surface area contributed by atoms with Crippen molar-refractivity contribution in [3.8, 4) is 0 Å². The quantitative estimate of drug-likeness (QED) is 0.534. The van der Waals surface area contributed by atoms with Crippen molar-refractivity contribution in [2.75, 3.05) is 24.7 Å². The Bertz CT molecular complexity index is 685. The fourth-order valence-electron chi connectivity index (χ4n) is 2.31. The number of thioether (sulfide) groups is 1. The minimum absolute atomic E-state index is 0.0752. The summed E-state index contributed by atoms with van der Waals surface area (Å²) >= 11 is 1.51. The van der Waals surface area contributed by atoms with E-state index in [0.717, 1.165) is 29.8 Å². The van der Waals surface area contributed by atoms with Crippen LogP contribution >= 0.6 is 11.8 Å². The number of nitrogens with zero attached hydrogens (tertiary/aromatic N) is 4. The average Bonchev–Trinajstić information content (AvgIpc) is 2.95. The van der Waals surface area contributed by atoms with Gasteiger partial charge in [-0.1, -0.05) is 32.5 Å². The molecule has 2 heterocycles. The third-order valence-corrected chi connectivity index (χ3v) is 3.99. The van der Waals surface area contributed by atoms with Crippen molar-refractivity contribution >= 4 is 34.5 Å². The van der Waals surface area contributed by atoms with Crippen molar-refractivity contribution in [3.05, 3.63) is 6.20 Å². The number of fused-ring (bicyclic) bond motifs is 1. The summed E-state index contributed by atoms with van der Waals surface area (Å²) in [6, 6.07) is 0. The second-order valence-corrected chi connectivity index (χ2v) is 6.81. The Balaban J connectivity index is 2.12. The normalized spacial score (nSPS) is 11.2. The van der Waals surface area contributed by atoms with Gasteiger partial charge in [0.15, 0.2) is 10.8 Å². The molecule has 0 fully saturated rings. The molecule has 24 heavy (non-hydrogen) atoms. The Morgan fingerprint density at radius 2 is 2.12 bits per heavy atom. The van der Waals surface area contributed by atoms with Gasteiger partial charge in [0.05, 0.1) is 18.1 Å². The van der Waals surface area contributed by atoms with E-state index in [2.05, 4.69) is 32.6 Å². The van der Waals surface area contributed by atoms with Crippen LogP contribution in [0.2, 0.25) is 0 Å². The fraction of sp³-hybridized carbons (Fsp3) is 0.625. The number of carbonyl (C=O) groups excluding carboxylic acids is 1. The highest BCUT2D eigenvalue weighted by atomic mass is 32.2. The smallest absolute Gasteiger partial charge is 0.220 e. The highest BCUT2D eigenvalue weighted by Crippen LogP contribution is 2.23. The lowest BCUT2D eigenvalue weighted by atomic mass is 10.1. The van der Waals surface area contributed by atoms with Crippen molar-refractivity contribution in [2.24, 2.45) is 5.92 Å². The molecule has 0 aliphatic rings. The Hall–Kier alpha value is -1.83. The first-order valence-electron chi connectivity index (χ1n) is 8.33. The molecule has 0 radical (unpaired) electrons. The first-order chi connectivity index (χ1) is 11.5. The van der Waals surface area contributed by atoms with Crippen molar-refractivity contribution < 1.29 is 4.79 Å². The molecule has 2 aromatic heterocycles. The zero-order valence-corrected chi connectivity index (χ0v) is 15.6. The summed E-state index contributed by atoms with van der Waals surface area (Å²) in [7, 11) is 0. The van der Waals surface area contributed by atoms with Gasteiger partial charge in [0.25, 0.3) is 0 Å². The third-order valence-electron chi connectivity index (χ3n) is 3.44. The molecule has 7 nitrogen and oxygen atoms in total. The molecular weight excluding hydrogens is 324 g/mol. The van der Waals surface area contributed by atoms with Gasteiger partial charge in [0.2, 0.25) is 5.91 Å². The largest absolute Gasteiger partial charge is 0.369 e. The number of nitrogens with one attached hydrogen (secondary N) is 2. The van der Waals surface area contributed by atoms with E-state index < -0.39 is 0 Å². The van der Waals surface area contributed by atoms with Crippen LogP contribution in [0.4, 0.5) is 5.82 Å². The van der Waals surface area contributed by atoms with Crippen LogP contribution in [0.5, 0.6) is 0 Å². The van der Waals surface area contributed by atoms with Gasteiger partial charge in [-0.25, -0.2) is 14.6 Å². The molecule has 2 aromatic rings. The lowest BCUT2D eigenvalue weighted by Crippen LogP contribution is -2.28. The number of hydrogen-bond donors (Lipinski definition) is 2. The van der Waals surface area contributed by atoms with Crippen molar-refractivity contribution in [2.45, 2.75) is 45.3 Å². The number of rotatable bonds is 9. The molecule has 0 spiro atoms. The molecule has 1 amide bonds. The summed E-state index contributed by atoms with van der Waals surface area (Å²) in [4.78, 5) is 20.8. The maximum absolute atomic E-state index is 11.7. The van der Waals surface area contributed by atoms with E-state index in [4.69, 9.17) is 0 Å².